The number of aromatic nitrogens is 2. The van der Waals surface area contributed by atoms with Crippen molar-refractivity contribution < 1.29 is 56.1 Å². The average molecular weight is 751 g/mol. The first kappa shape index (κ1) is 39.2. The Kier molecular flexibility index (Phi) is 12.8. The van der Waals surface area contributed by atoms with Crippen molar-refractivity contribution in [2.45, 2.75) is 50.0 Å². The summed E-state index contributed by atoms with van der Waals surface area (Å²) in [6.45, 7) is 1.78. The molecular weight excluding hydrogens is 714 g/mol. The van der Waals surface area contributed by atoms with Crippen LogP contribution in [-0.2, 0) is 42.0 Å². The lowest BCUT2D eigenvalue weighted by molar-refractivity contribution is -0.143. The highest BCUT2D eigenvalue weighted by Crippen LogP contribution is 2.53. The van der Waals surface area contributed by atoms with Crippen LogP contribution >= 0.6 is 15.5 Å². The smallest absolute Gasteiger partial charge is 0.459 e. The van der Waals surface area contributed by atoms with Gasteiger partial charge in [0, 0.05) is 12.3 Å². The number of terminal acetylenes is 1. The van der Waals surface area contributed by atoms with Gasteiger partial charge in [-0.2, -0.15) is 10.2 Å². The van der Waals surface area contributed by atoms with Gasteiger partial charge in [-0.05, 0) is 38.1 Å². The number of esters is 2. The fourth-order valence-corrected chi connectivity index (χ4v) is 7.98. The molecule has 51 heavy (non-hydrogen) atoms. The molecule has 274 valence electrons. The Balaban J connectivity index is 1.78. The third kappa shape index (κ3) is 9.61. The second-order valence-corrected chi connectivity index (χ2v) is 14.2. The molecule has 0 radical (unpaired) electrons. The Morgan fingerprint density at radius 3 is 1.94 bits per heavy atom. The number of para-hydroxylation sites is 2. The Labute approximate surface area is 291 Å². The number of nitrogens with one attached hydrogen (secondary N) is 3. The number of hydrogen-bond acceptors (Lipinski definition) is 14. The number of aliphatic hydroxyl groups is 1. The van der Waals surface area contributed by atoms with E-state index in [1.807, 2.05) is 4.98 Å². The molecule has 0 amide bonds. The molecule has 1 fully saturated rings. The number of carbonyl (C=O) groups excluding carboxylic acids is 2. The molecule has 1 saturated heterocycles. The minimum absolute atomic E-state index is 0.00322. The average Bonchev–Trinajstić information content (AvgIpc) is 3.37. The van der Waals surface area contributed by atoms with Gasteiger partial charge in [0.05, 0.1) is 20.8 Å². The van der Waals surface area contributed by atoms with Gasteiger partial charge in [-0.1, -0.05) is 42.3 Å². The number of benzene rings is 2. The maximum atomic E-state index is 14.5. The van der Waals surface area contributed by atoms with Gasteiger partial charge in [0.1, 0.15) is 35.8 Å². The van der Waals surface area contributed by atoms with Crippen molar-refractivity contribution in [2.75, 3.05) is 20.8 Å². The van der Waals surface area contributed by atoms with Crippen molar-refractivity contribution >= 4 is 27.4 Å². The summed E-state index contributed by atoms with van der Waals surface area (Å²) in [4.78, 5) is 51.3. The van der Waals surface area contributed by atoms with E-state index in [2.05, 4.69) is 16.1 Å². The molecule has 20 heteroatoms. The SMILES string of the molecule is C#C[C@]1(O)[C@H](OP(=O)(N[C@@H](C)C(=O)OC)Oc2ccccc2)[C@@H](COP(=O)(N[C@@H](C)C(=O)OC)Oc2ccccc2)O[C@H]1n1ccc(=O)[nH]c1=O. The quantitative estimate of drug-likeness (QED) is 0.0930. The monoisotopic (exact) mass is 750 g/mol. The van der Waals surface area contributed by atoms with Crippen LogP contribution in [0.25, 0.3) is 0 Å². The minimum atomic E-state index is -4.81. The molecule has 2 unspecified atom stereocenters. The number of aromatic amines is 1. The normalized spacial score (nSPS) is 23.4. The number of nitrogens with zero attached hydrogens (tertiary/aromatic N) is 1. The lowest BCUT2D eigenvalue weighted by Gasteiger charge is -2.32. The van der Waals surface area contributed by atoms with Crippen LogP contribution in [0.4, 0.5) is 0 Å². The van der Waals surface area contributed by atoms with Crippen molar-refractivity contribution in [1.82, 2.24) is 19.7 Å². The van der Waals surface area contributed by atoms with Crippen LogP contribution in [0.1, 0.15) is 20.1 Å². The predicted octanol–water partition coefficient (Wildman–Crippen LogP) is 1.88. The van der Waals surface area contributed by atoms with E-state index in [4.69, 9.17) is 38.7 Å². The highest BCUT2D eigenvalue weighted by Gasteiger charge is 2.60. The van der Waals surface area contributed by atoms with E-state index in [1.165, 1.54) is 38.1 Å². The van der Waals surface area contributed by atoms with E-state index >= 15 is 0 Å². The van der Waals surface area contributed by atoms with Crippen LogP contribution in [0.2, 0.25) is 0 Å². The summed E-state index contributed by atoms with van der Waals surface area (Å²) in [7, 11) is -7.16. The zero-order valence-electron chi connectivity index (χ0n) is 27.7. The molecule has 4 N–H and O–H groups in total. The van der Waals surface area contributed by atoms with Crippen molar-refractivity contribution in [2.24, 2.45) is 0 Å². The summed E-state index contributed by atoms with van der Waals surface area (Å²) in [5.74, 6) is 0.469. The first-order chi connectivity index (χ1) is 24.2. The summed E-state index contributed by atoms with van der Waals surface area (Å²) in [5.41, 5.74) is -4.55. The molecule has 3 aromatic rings. The molecule has 1 aliphatic rings. The van der Waals surface area contributed by atoms with Crippen LogP contribution in [0.3, 0.4) is 0 Å². The number of H-pyrrole nitrogens is 1. The van der Waals surface area contributed by atoms with Crippen molar-refractivity contribution in [3.8, 4) is 23.8 Å². The van der Waals surface area contributed by atoms with Crippen LogP contribution in [0.5, 0.6) is 11.5 Å². The van der Waals surface area contributed by atoms with Crippen molar-refractivity contribution in [3.63, 3.8) is 0 Å². The fourth-order valence-electron chi connectivity index (χ4n) is 4.75. The molecule has 0 bridgehead atoms. The molecule has 8 atom stereocenters. The summed E-state index contributed by atoms with van der Waals surface area (Å²) in [6.07, 6.45) is 1.30. The largest absolute Gasteiger partial charge is 0.468 e. The van der Waals surface area contributed by atoms with Gasteiger partial charge < -0.3 is 28.4 Å². The Bertz CT molecular complexity index is 1940. The van der Waals surface area contributed by atoms with Gasteiger partial charge in [0.25, 0.3) is 5.56 Å². The standard InChI is InChI=1S/C31H36N4O14P2/c1-6-31(40)26(49-51(42,34-21(3)28(38)44-5)48-23-15-11-8-12-16-23)24(46-29(31)35-18-17-25(36)32-30(35)39)19-45-50(41,33-20(2)27(37)43-4)47-22-13-9-7-10-14-22/h1,7-18,20-21,24,26,29,40H,19H2,2-5H3,(H,33,41)(H,34,42)(H,32,36,39)/t20-,21-,24+,26+,29+,31-,50?,51?/m0/s1. The molecule has 0 saturated carbocycles. The summed E-state index contributed by atoms with van der Waals surface area (Å²) >= 11 is 0. The van der Waals surface area contributed by atoms with Gasteiger partial charge >= 0.3 is 33.1 Å². The lowest BCUT2D eigenvalue weighted by atomic mass is 9.95. The Morgan fingerprint density at radius 2 is 1.45 bits per heavy atom. The first-order valence-electron chi connectivity index (χ1n) is 15.1. The van der Waals surface area contributed by atoms with Crippen LogP contribution in [0, 0.1) is 12.3 Å². The van der Waals surface area contributed by atoms with E-state index in [0.29, 0.717) is 0 Å². The fraction of sp³-hybridized carbons (Fsp3) is 0.355. The number of carbonyl (C=O) groups is 2. The molecule has 1 aliphatic heterocycles. The van der Waals surface area contributed by atoms with Crippen LogP contribution in [-0.4, -0.2) is 77.3 Å². The molecule has 0 aliphatic carbocycles. The molecule has 18 nitrogen and oxygen atoms in total. The maximum absolute atomic E-state index is 14.5. The topological polar surface area (TPSA) is 232 Å². The third-order valence-electron chi connectivity index (χ3n) is 7.20. The highest BCUT2D eigenvalue weighted by atomic mass is 31.2. The third-order valence-corrected chi connectivity index (χ3v) is 10.5. The van der Waals surface area contributed by atoms with Crippen molar-refractivity contribution in [3.05, 3.63) is 93.8 Å². The molecule has 1 aromatic heterocycles. The zero-order valence-corrected chi connectivity index (χ0v) is 29.5. The number of rotatable bonds is 16. The minimum Gasteiger partial charge on any atom is -0.468 e. The van der Waals surface area contributed by atoms with E-state index in [9.17, 15) is 33.4 Å². The van der Waals surface area contributed by atoms with Gasteiger partial charge in [0.15, 0.2) is 11.8 Å². The van der Waals surface area contributed by atoms with Gasteiger partial charge in [-0.25, -0.2) is 13.9 Å². The predicted molar refractivity (Wildman–Crippen MR) is 178 cm³/mol. The zero-order chi connectivity index (χ0) is 37.4. The van der Waals surface area contributed by atoms with Crippen molar-refractivity contribution in [1.29, 1.82) is 0 Å². The van der Waals surface area contributed by atoms with Gasteiger partial charge in [-0.3, -0.25) is 33.0 Å². The van der Waals surface area contributed by atoms with E-state index in [1.54, 1.807) is 36.4 Å². The number of hydrogen-bond donors (Lipinski definition) is 4. The first-order valence-corrected chi connectivity index (χ1v) is 18.1. The Morgan fingerprint density at radius 1 is 0.941 bits per heavy atom. The summed E-state index contributed by atoms with van der Waals surface area (Å²) in [6, 6.07) is 13.8. The van der Waals surface area contributed by atoms with E-state index in [0.717, 1.165) is 31.0 Å². The number of ether oxygens (including phenoxy) is 3. The van der Waals surface area contributed by atoms with Gasteiger partial charge in [-0.15, -0.1) is 6.42 Å². The lowest BCUT2D eigenvalue weighted by Crippen LogP contribution is -2.50. The second kappa shape index (κ2) is 16.6. The van der Waals surface area contributed by atoms with Crippen LogP contribution < -0.4 is 30.5 Å². The second-order valence-electron chi connectivity index (χ2n) is 10.9. The summed E-state index contributed by atoms with van der Waals surface area (Å²) < 4.78 is 67.7. The highest BCUT2D eigenvalue weighted by molar-refractivity contribution is 7.52. The Hall–Kier alpha value is -4.56. The molecule has 0 spiro atoms. The molecule has 4 rings (SSSR count). The molecule has 2 aromatic carbocycles. The molecule has 2 heterocycles. The van der Waals surface area contributed by atoms with E-state index in [-0.39, 0.29) is 11.5 Å². The maximum Gasteiger partial charge on any atom is 0.459 e. The van der Waals surface area contributed by atoms with E-state index < -0.39 is 81.4 Å². The summed E-state index contributed by atoms with van der Waals surface area (Å²) in [5, 5.41) is 16.9. The number of methoxy groups -OCH3 is 2. The molecular formula is C31H36N4O14P2. The van der Waals surface area contributed by atoms with Crippen LogP contribution in [0.15, 0.2) is 82.5 Å². The van der Waals surface area contributed by atoms with Gasteiger partial charge in [0.2, 0.25) is 0 Å².